The van der Waals surface area contributed by atoms with Crippen molar-refractivity contribution in [3.63, 3.8) is 0 Å². The van der Waals surface area contributed by atoms with Crippen LogP contribution in [0, 0.1) is 6.92 Å². The average Bonchev–Trinajstić information content (AvgIpc) is 2.28. The van der Waals surface area contributed by atoms with Gasteiger partial charge in [-0.2, -0.15) is 0 Å². The van der Waals surface area contributed by atoms with Gasteiger partial charge < -0.3 is 15.2 Å². The van der Waals surface area contributed by atoms with E-state index in [4.69, 9.17) is 16.3 Å². The molecule has 1 aromatic rings. The molecule has 0 unspecified atom stereocenters. The van der Waals surface area contributed by atoms with E-state index in [2.05, 4.69) is 5.32 Å². The van der Waals surface area contributed by atoms with Gasteiger partial charge in [0.25, 0.3) is 0 Å². The minimum Gasteiger partial charge on any atom is -0.480 e. The largest absolute Gasteiger partial charge is 0.480 e. The summed E-state index contributed by atoms with van der Waals surface area (Å²) in [5.41, 5.74) is 1.01. The van der Waals surface area contributed by atoms with Crippen molar-refractivity contribution in [1.82, 2.24) is 5.32 Å². The maximum atomic E-state index is 11.7. The van der Waals surface area contributed by atoms with Crippen LogP contribution >= 0.6 is 11.6 Å². The molecule has 1 atom stereocenters. The van der Waals surface area contributed by atoms with E-state index in [-0.39, 0.29) is 6.42 Å². The molecule has 0 spiro atoms. The van der Waals surface area contributed by atoms with Gasteiger partial charge in [-0.3, -0.25) is 0 Å². The van der Waals surface area contributed by atoms with Crippen LogP contribution in [0.3, 0.4) is 0 Å². The summed E-state index contributed by atoms with van der Waals surface area (Å²) in [4.78, 5) is 23.0. The summed E-state index contributed by atoms with van der Waals surface area (Å²) in [6.45, 7) is 6.98. The molecule has 0 aliphatic rings. The first-order chi connectivity index (χ1) is 9.58. The van der Waals surface area contributed by atoms with Gasteiger partial charge in [0.15, 0.2) is 0 Å². The summed E-state index contributed by atoms with van der Waals surface area (Å²) in [6.07, 6.45) is -0.584. The highest BCUT2D eigenvalue weighted by molar-refractivity contribution is 6.30. The van der Waals surface area contributed by atoms with E-state index in [0.29, 0.717) is 5.02 Å². The number of amides is 1. The van der Waals surface area contributed by atoms with E-state index in [1.807, 2.05) is 6.92 Å². The Morgan fingerprint density at radius 2 is 2.00 bits per heavy atom. The fourth-order valence-corrected chi connectivity index (χ4v) is 1.98. The van der Waals surface area contributed by atoms with Crippen LogP contribution in [0.4, 0.5) is 4.79 Å². The molecule has 0 bridgehead atoms. The summed E-state index contributed by atoms with van der Waals surface area (Å²) < 4.78 is 5.07. The van der Waals surface area contributed by atoms with Gasteiger partial charge in [-0.15, -0.1) is 0 Å². The van der Waals surface area contributed by atoms with Gasteiger partial charge in [0.05, 0.1) is 0 Å². The molecule has 1 aromatic carbocycles. The first kappa shape index (κ1) is 17.3. The van der Waals surface area contributed by atoms with Crippen molar-refractivity contribution in [1.29, 1.82) is 0 Å². The van der Waals surface area contributed by atoms with E-state index in [1.54, 1.807) is 39.0 Å². The smallest absolute Gasteiger partial charge is 0.408 e. The van der Waals surface area contributed by atoms with E-state index in [9.17, 15) is 14.7 Å². The number of carbonyl (C=O) groups excluding carboxylic acids is 1. The summed E-state index contributed by atoms with van der Waals surface area (Å²) in [6, 6.07) is 4.14. The number of alkyl carbamates (subject to hydrolysis) is 1. The van der Waals surface area contributed by atoms with Gasteiger partial charge in [-0.05, 0) is 51.0 Å². The van der Waals surface area contributed by atoms with Crippen LogP contribution in [0.1, 0.15) is 31.9 Å². The monoisotopic (exact) mass is 313 g/mol. The molecular weight excluding hydrogens is 294 g/mol. The molecular formula is C15H20ClNO4. The second-order valence-corrected chi connectivity index (χ2v) is 6.25. The van der Waals surface area contributed by atoms with Crippen molar-refractivity contribution in [3.05, 3.63) is 34.3 Å². The molecule has 0 radical (unpaired) electrons. The SMILES string of the molecule is Cc1cc(Cl)ccc1C[C@H](NC(=O)OC(C)(C)C)C(=O)O. The minimum absolute atomic E-state index is 0.164. The van der Waals surface area contributed by atoms with E-state index in [1.165, 1.54) is 0 Å². The third-order valence-corrected chi connectivity index (χ3v) is 2.95. The molecule has 6 heteroatoms. The van der Waals surface area contributed by atoms with Crippen molar-refractivity contribution in [2.45, 2.75) is 45.8 Å². The molecule has 0 saturated carbocycles. The van der Waals surface area contributed by atoms with E-state index in [0.717, 1.165) is 11.1 Å². The van der Waals surface area contributed by atoms with Crippen molar-refractivity contribution >= 4 is 23.7 Å². The van der Waals surface area contributed by atoms with E-state index < -0.39 is 23.7 Å². The van der Waals surface area contributed by atoms with Gasteiger partial charge in [-0.25, -0.2) is 9.59 Å². The minimum atomic E-state index is -1.12. The van der Waals surface area contributed by atoms with Crippen molar-refractivity contribution in [3.8, 4) is 0 Å². The van der Waals surface area contributed by atoms with Crippen molar-refractivity contribution < 1.29 is 19.4 Å². The number of halogens is 1. The predicted octanol–water partition coefficient (Wildman–Crippen LogP) is 3.17. The lowest BCUT2D eigenvalue weighted by molar-refractivity contribution is -0.139. The van der Waals surface area contributed by atoms with Crippen LogP contribution in [0.25, 0.3) is 0 Å². The quantitative estimate of drug-likeness (QED) is 0.895. The number of aliphatic carboxylic acids is 1. The zero-order valence-electron chi connectivity index (χ0n) is 12.6. The van der Waals surface area contributed by atoms with E-state index >= 15 is 0 Å². The summed E-state index contributed by atoms with van der Waals surface area (Å²) in [5.74, 6) is -1.12. The highest BCUT2D eigenvalue weighted by Crippen LogP contribution is 2.17. The predicted molar refractivity (Wildman–Crippen MR) is 80.7 cm³/mol. The first-order valence-corrected chi connectivity index (χ1v) is 6.93. The van der Waals surface area contributed by atoms with Gasteiger partial charge >= 0.3 is 12.1 Å². The maximum Gasteiger partial charge on any atom is 0.408 e. The number of ether oxygens (including phenoxy) is 1. The Kier molecular flexibility index (Phi) is 5.61. The molecule has 0 aliphatic heterocycles. The van der Waals surface area contributed by atoms with Crippen LogP contribution in [-0.2, 0) is 16.0 Å². The van der Waals surface area contributed by atoms with Crippen LogP contribution in [0.2, 0.25) is 5.02 Å². The number of hydrogen-bond donors (Lipinski definition) is 2. The van der Waals surface area contributed by atoms with Crippen molar-refractivity contribution in [2.24, 2.45) is 0 Å². The van der Waals surface area contributed by atoms with Gasteiger partial charge in [0.1, 0.15) is 11.6 Å². The molecule has 1 rings (SSSR count). The number of carboxylic acids is 1. The number of carbonyl (C=O) groups is 2. The molecule has 0 saturated heterocycles. The lowest BCUT2D eigenvalue weighted by Crippen LogP contribution is -2.44. The normalized spacial score (nSPS) is 12.6. The third kappa shape index (κ3) is 6.04. The molecule has 5 nitrogen and oxygen atoms in total. The fraction of sp³-hybridized carbons (Fsp3) is 0.467. The average molecular weight is 314 g/mol. The molecule has 0 fully saturated rings. The Bertz CT molecular complexity index is 537. The lowest BCUT2D eigenvalue weighted by atomic mass is 10.0. The highest BCUT2D eigenvalue weighted by Gasteiger charge is 2.24. The molecule has 0 heterocycles. The molecule has 0 aromatic heterocycles. The molecule has 21 heavy (non-hydrogen) atoms. The maximum absolute atomic E-state index is 11.7. The second-order valence-electron chi connectivity index (χ2n) is 5.81. The zero-order valence-corrected chi connectivity index (χ0v) is 13.3. The van der Waals surface area contributed by atoms with Crippen molar-refractivity contribution in [2.75, 3.05) is 0 Å². The Morgan fingerprint density at radius 1 is 1.38 bits per heavy atom. The standard InChI is InChI=1S/C15H20ClNO4/c1-9-7-11(16)6-5-10(9)8-12(13(18)19)17-14(20)21-15(2,3)4/h5-7,12H,8H2,1-4H3,(H,17,20)(H,18,19)/t12-/m0/s1. The Hall–Kier alpha value is -1.75. The van der Waals surface area contributed by atoms with Gasteiger partial charge in [0, 0.05) is 11.4 Å². The van der Waals surface area contributed by atoms with Crippen LogP contribution < -0.4 is 5.32 Å². The van der Waals surface area contributed by atoms with Crippen LogP contribution in [0.5, 0.6) is 0 Å². The highest BCUT2D eigenvalue weighted by atomic mass is 35.5. The molecule has 116 valence electrons. The van der Waals surface area contributed by atoms with Crippen LogP contribution in [0.15, 0.2) is 18.2 Å². The van der Waals surface area contributed by atoms with Gasteiger partial charge in [-0.1, -0.05) is 17.7 Å². The summed E-state index contributed by atoms with van der Waals surface area (Å²) >= 11 is 5.87. The topological polar surface area (TPSA) is 75.6 Å². The summed E-state index contributed by atoms with van der Waals surface area (Å²) in [7, 11) is 0. The lowest BCUT2D eigenvalue weighted by Gasteiger charge is -2.22. The molecule has 0 aliphatic carbocycles. The fourth-order valence-electron chi connectivity index (χ4n) is 1.76. The second kappa shape index (κ2) is 6.80. The van der Waals surface area contributed by atoms with Gasteiger partial charge in [0.2, 0.25) is 0 Å². The number of nitrogens with one attached hydrogen (secondary N) is 1. The Labute approximate surface area is 129 Å². The molecule has 2 N–H and O–H groups in total. The zero-order chi connectivity index (χ0) is 16.2. The molecule has 1 amide bonds. The first-order valence-electron chi connectivity index (χ1n) is 6.56. The summed E-state index contributed by atoms with van der Waals surface area (Å²) in [5, 5.41) is 12.2. The van der Waals surface area contributed by atoms with Crippen LogP contribution in [-0.4, -0.2) is 28.8 Å². The number of benzene rings is 1. The third-order valence-electron chi connectivity index (χ3n) is 2.72. The number of carboxylic acid groups (broad SMARTS) is 1. The number of hydrogen-bond acceptors (Lipinski definition) is 3. The Balaban J connectivity index is 2.79. The number of aryl methyl sites for hydroxylation is 1. The Morgan fingerprint density at radius 3 is 2.48 bits per heavy atom. The number of rotatable bonds is 4.